The van der Waals surface area contributed by atoms with Crippen LogP contribution in [0.1, 0.15) is 12.1 Å². The number of hydrogen-bond acceptors (Lipinski definition) is 2. The molecule has 0 fully saturated rings. The van der Waals surface area contributed by atoms with E-state index < -0.39 is 0 Å². The van der Waals surface area contributed by atoms with Crippen molar-refractivity contribution in [3.8, 4) is 0 Å². The number of aromatic nitrogens is 2. The van der Waals surface area contributed by atoms with Crippen LogP contribution in [0.15, 0.2) is 18.6 Å². The molecule has 0 atom stereocenters. The van der Waals surface area contributed by atoms with Gasteiger partial charge >= 0.3 is 0 Å². The topological polar surface area (TPSA) is 31.9 Å². The minimum absolute atomic E-state index is 0. The molecule has 2 heterocycles. The third kappa shape index (κ3) is 3.01. The molecule has 3 nitrogen and oxygen atoms in total. The lowest BCUT2D eigenvalue weighted by atomic mass is 10.1. The highest BCUT2D eigenvalue weighted by Gasteiger charge is 2.09. The van der Waals surface area contributed by atoms with Gasteiger partial charge in [0.1, 0.15) is 0 Å². The molecule has 0 bridgehead atoms. The monoisotopic (exact) mass is 235 g/mol. The molecule has 80 valence electrons. The van der Waals surface area contributed by atoms with Crippen molar-refractivity contribution < 1.29 is 0 Å². The van der Waals surface area contributed by atoms with E-state index in [1.807, 2.05) is 6.20 Å². The molecule has 0 aromatic carbocycles. The molecule has 0 spiro atoms. The van der Waals surface area contributed by atoms with Crippen LogP contribution in [-0.2, 0) is 0 Å². The van der Waals surface area contributed by atoms with Crippen LogP contribution in [0.25, 0.3) is 5.57 Å². The molecule has 0 saturated heterocycles. The number of rotatable bonds is 1. The number of imidazole rings is 1. The van der Waals surface area contributed by atoms with Crippen LogP contribution < -0.4 is 0 Å². The van der Waals surface area contributed by atoms with Crippen molar-refractivity contribution in [1.82, 2.24) is 14.9 Å². The first-order chi connectivity index (χ1) is 5.86. The van der Waals surface area contributed by atoms with E-state index in [0.717, 1.165) is 25.2 Å². The molecule has 0 aliphatic carbocycles. The van der Waals surface area contributed by atoms with E-state index in [4.69, 9.17) is 0 Å². The number of hydrogen-bond donors (Lipinski definition) is 1. The SMILES string of the molecule is CN1CC=C(c2c[nH]cn2)CC1.Cl.Cl. The maximum absolute atomic E-state index is 4.22. The van der Waals surface area contributed by atoms with Gasteiger partial charge in [0.15, 0.2) is 0 Å². The highest BCUT2D eigenvalue weighted by molar-refractivity contribution is 5.85. The molecule has 1 aliphatic heterocycles. The fraction of sp³-hybridized carbons (Fsp3) is 0.444. The third-order valence-corrected chi connectivity index (χ3v) is 2.24. The minimum Gasteiger partial charge on any atom is -0.351 e. The molecular formula is C9H15Cl2N3. The average molecular weight is 236 g/mol. The van der Waals surface area contributed by atoms with Crippen LogP contribution in [0, 0.1) is 0 Å². The van der Waals surface area contributed by atoms with Gasteiger partial charge in [-0.2, -0.15) is 0 Å². The van der Waals surface area contributed by atoms with Crippen molar-refractivity contribution in [2.45, 2.75) is 6.42 Å². The quantitative estimate of drug-likeness (QED) is 0.808. The number of likely N-dealkylation sites (N-methyl/N-ethyl adjacent to an activating group) is 1. The lowest BCUT2D eigenvalue weighted by Gasteiger charge is -2.20. The van der Waals surface area contributed by atoms with Gasteiger partial charge in [-0.05, 0) is 19.0 Å². The molecule has 1 aliphatic rings. The summed E-state index contributed by atoms with van der Waals surface area (Å²) in [6.07, 6.45) is 7.05. The Balaban J connectivity index is 0.000000845. The predicted molar refractivity (Wildman–Crippen MR) is 63.2 cm³/mol. The predicted octanol–water partition coefficient (Wildman–Crippen LogP) is 1.97. The van der Waals surface area contributed by atoms with Crippen molar-refractivity contribution in [3.05, 3.63) is 24.3 Å². The van der Waals surface area contributed by atoms with Crippen molar-refractivity contribution >= 4 is 30.4 Å². The summed E-state index contributed by atoms with van der Waals surface area (Å²) in [7, 11) is 2.14. The highest BCUT2D eigenvalue weighted by Crippen LogP contribution is 2.18. The number of nitrogens with zero attached hydrogens (tertiary/aromatic N) is 2. The van der Waals surface area contributed by atoms with Crippen LogP contribution in [0.5, 0.6) is 0 Å². The second-order valence-electron chi connectivity index (χ2n) is 3.20. The van der Waals surface area contributed by atoms with E-state index in [-0.39, 0.29) is 24.8 Å². The summed E-state index contributed by atoms with van der Waals surface area (Å²) in [6.45, 7) is 2.18. The summed E-state index contributed by atoms with van der Waals surface area (Å²) in [5, 5.41) is 0. The van der Waals surface area contributed by atoms with Crippen molar-refractivity contribution in [1.29, 1.82) is 0 Å². The first kappa shape index (κ1) is 13.5. The van der Waals surface area contributed by atoms with Gasteiger partial charge in [0.2, 0.25) is 0 Å². The van der Waals surface area contributed by atoms with Gasteiger partial charge < -0.3 is 9.88 Å². The van der Waals surface area contributed by atoms with Gasteiger partial charge in [-0.3, -0.25) is 0 Å². The van der Waals surface area contributed by atoms with Crippen LogP contribution in [-0.4, -0.2) is 35.0 Å². The first-order valence-corrected chi connectivity index (χ1v) is 4.23. The summed E-state index contributed by atoms with van der Waals surface area (Å²) in [4.78, 5) is 9.50. The lowest BCUT2D eigenvalue weighted by molar-refractivity contribution is 0.370. The smallest absolute Gasteiger partial charge is 0.0927 e. The Morgan fingerprint density at radius 3 is 2.71 bits per heavy atom. The zero-order valence-electron chi connectivity index (χ0n) is 8.06. The lowest BCUT2D eigenvalue weighted by Crippen LogP contribution is -2.23. The minimum atomic E-state index is 0. The number of nitrogens with one attached hydrogen (secondary N) is 1. The Morgan fingerprint density at radius 2 is 2.21 bits per heavy atom. The molecule has 1 N–H and O–H groups in total. The second-order valence-corrected chi connectivity index (χ2v) is 3.20. The largest absolute Gasteiger partial charge is 0.351 e. The summed E-state index contributed by atoms with van der Waals surface area (Å²) < 4.78 is 0. The molecule has 2 rings (SSSR count). The highest BCUT2D eigenvalue weighted by atomic mass is 35.5. The first-order valence-electron chi connectivity index (χ1n) is 4.23. The van der Waals surface area contributed by atoms with Crippen molar-refractivity contribution in [2.24, 2.45) is 0 Å². The van der Waals surface area contributed by atoms with E-state index in [9.17, 15) is 0 Å². The number of aromatic amines is 1. The van der Waals surface area contributed by atoms with E-state index in [0.29, 0.717) is 0 Å². The number of H-pyrrole nitrogens is 1. The Bertz CT molecular complexity index is 282. The fourth-order valence-corrected chi connectivity index (χ4v) is 1.44. The van der Waals surface area contributed by atoms with Gasteiger partial charge in [0, 0.05) is 19.3 Å². The standard InChI is InChI=1S/C9H13N3.2ClH/c1-12-4-2-8(3-5-12)9-6-10-7-11-9;;/h2,6-7H,3-5H2,1H3,(H,10,11);2*1H. The summed E-state index contributed by atoms with van der Waals surface area (Å²) in [5.74, 6) is 0. The molecule has 5 heteroatoms. The van der Waals surface area contributed by atoms with E-state index in [2.05, 4.69) is 28.0 Å². The van der Waals surface area contributed by atoms with Crippen molar-refractivity contribution in [2.75, 3.05) is 20.1 Å². The molecule has 0 radical (unpaired) electrons. The normalized spacial score (nSPS) is 16.5. The molecule has 1 aromatic heterocycles. The Kier molecular flexibility index (Phi) is 5.84. The van der Waals surface area contributed by atoms with Gasteiger partial charge in [0.25, 0.3) is 0 Å². The Hall–Kier alpha value is -0.510. The Labute approximate surface area is 96.4 Å². The molecule has 14 heavy (non-hydrogen) atoms. The zero-order chi connectivity index (χ0) is 8.39. The van der Waals surface area contributed by atoms with Gasteiger partial charge in [-0.15, -0.1) is 24.8 Å². The number of halogens is 2. The zero-order valence-corrected chi connectivity index (χ0v) is 9.70. The fourth-order valence-electron chi connectivity index (χ4n) is 1.44. The maximum atomic E-state index is 4.22. The van der Waals surface area contributed by atoms with E-state index in [1.165, 1.54) is 5.57 Å². The maximum Gasteiger partial charge on any atom is 0.0927 e. The van der Waals surface area contributed by atoms with E-state index in [1.54, 1.807) is 6.33 Å². The van der Waals surface area contributed by atoms with E-state index >= 15 is 0 Å². The van der Waals surface area contributed by atoms with Gasteiger partial charge in [-0.25, -0.2) is 4.98 Å². The third-order valence-electron chi connectivity index (χ3n) is 2.24. The summed E-state index contributed by atoms with van der Waals surface area (Å²) >= 11 is 0. The molecule has 0 amide bonds. The summed E-state index contributed by atoms with van der Waals surface area (Å²) in [6, 6.07) is 0. The molecule has 0 unspecified atom stereocenters. The van der Waals surface area contributed by atoms with Crippen LogP contribution >= 0.6 is 24.8 Å². The average Bonchev–Trinajstić information content (AvgIpc) is 2.58. The van der Waals surface area contributed by atoms with Crippen LogP contribution in [0.4, 0.5) is 0 Å². The molecule has 1 aromatic rings. The van der Waals surface area contributed by atoms with Crippen molar-refractivity contribution in [3.63, 3.8) is 0 Å². The summed E-state index contributed by atoms with van der Waals surface area (Å²) in [5.41, 5.74) is 2.47. The van der Waals surface area contributed by atoms with Crippen LogP contribution in [0.3, 0.4) is 0 Å². The van der Waals surface area contributed by atoms with Gasteiger partial charge in [-0.1, -0.05) is 6.08 Å². The van der Waals surface area contributed by atoms with Crippen LogP contribution in [0.2, 0.25) is 0 Å². The molecule has 0 saturated carbocycles. The molecular weight excluding hydrogens is 221 g/mol. The van der Waals surface area contributed by atoms with Gasteiger partial charge in [0.05, 0.1) is 12.0 Å². The Morgan fingerprint density at radius 1 is 1.43 bits per heavy atom. The second kappa shape index (κ2) is 6.06.